The van der Waals surface area contributed by atoms with Crippen molar-refractivity contribution in [3.05, 3.63) is 29.3 Å². The number of para-hydroxylation sites is 1. The van der Waals surface area contributed by atoms with Gasteiger partial charge in [-0.3, -0.25) is 9.59 Å². The Labute approximate surface area is 127 Å². The predicted molar refractivity (Wildman–Crippen MR) is 82.2 cm³/mol. The molecular weight excluding hydrogens is 288 g/mol. The molecule has 0 aliphatic carbocycles. The first-order valence-corrected chi connectivity index (χ1v) is 7.68. The fraction of sp³-hybridized carbons (Fsp3) is 0.400. The Morgan fingerprint density at radius 2 is 2.10 bits per heavy atom. The van der Waals surface area contributed by atoms with Gasteiger partial charge in [0.25, 0.3) is 0 Å². The number of thiazole rings is 1. The molecule has 1 N–H and O–H groups in total. The van der Waals surface area contributed by atoms with E-state index >= 15 is 0 Å². The summed E-state index contributed by atoms with van der Waals surface area (Å²) in [5.74, 6) is -0.553. The number of hydrogen-bond acceptors (Lipinski definition) is 5. The van der Waals surface area contributed by atoms with Gasteiger partial charge in [-0.1, -0.05) is 12.1 Å². The van der Waals surface area contributed by atoms with Crippen LogP contribution in [0.1, 0.15) is 24.3 Å². The minimum absolute atomic E-state index is 0.0623. The fourth-order valence-electron chi connectivity index (χ4n) is 1.92. The number of esters is 1. The molecule has 0 aliphatic rings. The zero-order valence-electron chi connectivity index (χ0n) is 11.9. The molecule has 2 rings (SSSR count). The molecule has 112 valence electrons. The van der Waals surface area contributed by atoms with Crippen LogP contribution in [0.3, 0.4) is 0 Å². The van der Waals surface area contributed by atoms with E-state index in [0.717, 1.165) is 29.8 Å². The van der Waals surface area contributed by atoms with Crippen LogP contribution in [0.15, 0.2) is 24.3 Å². The molecule has 0 aliphatic heterocycles. The Hall–Kier alpha value is -1.95. The van der Waals surface area contributed by atoms with Crippen molar-refractivity contribution in [2.24, 2.45) is 0 Å². The normalized spacial score (nSPS) is 10.5. The van der Waals surface area contributed by atoms with Gasteiger partial charge in [-0.2, -0.15) is 0 Å². The van der Waals surface area contributed by atoms with Gasteiger partial charge in [0.15, 0.2) is 0 Å². The summed E-state index contributed by atoms with van der Waals surface area (Å²) in [4.78, 5) is 26.9. The molecule has 0 bridgehead atoms. The summed E-state index contributed by atoms with van der Waals surface area (Å²) in [6.45, 7) is -0.0623. The zero-order chi connectivity index (χ0) is 15.1. The van der Waals surface area contributed by atoms with Gasteiger partial charge < -0.3 is 10.1 Å². The number of carbonyl (C=O) groups excluding carboxylic acids is 2. The van der Waals surface area contributed by atoms with Crippen LogP contribution in [0.25, 0.3) is 10.2 Å². The maximum Gasteiger partial charge on any atom is 0.325 e. The van der Waals surface area contributed by atoms with E-state index in [0.29, 0.717) is 6.42 Å². The van der Waals surface area contributed by atoms with Crippen molar-refractivity contribution in [3.8, 4) is 0 Å². The van der Waals surface area contributed by atoms with Gasteiger partial charge in [-0.25, -0.2) is 4.98 Å². The molecule has 1 aromatic carbocycles. The highest BCUT2D eigenvalue weighted by Crippen LogP contribution is 2.22. The largest absolute Gasteiger partial charge is 0.468 e. The summed E-state index contributed by atoms with van der Waals surface area (Å²) < 4.78 is 5.65. The molecule has 0 fully saturated rings. The highest BCUT2D eigenvalue weighted by molar-refractivity contribution is 7.18. The number of fused-ring (bicyclic) bond motifs is 1. The number of carbonyl (C=O) groups is 2. The van der Waals surface area contributed by atoms with Crippen molar-refractivity contribution >= 4 is 33.4 Å². The zero-order valence-corrected chi connectivity index (χ0v) is 12.7. The number of rotatable bonds is 7. The summed E-state index contributed by atoms with van der Waals surface area (Å²) in [6.07, 6.45) is 2.99. The van der Waals surface area contributed by atoms with Gasteiger partial charge in [0, 0.05) is 6.42 Å². The van der Waals surface area contributed by atoms with Gasteiger partial charge in [0.1, 0.15) is 6.54 Å². The Bertz CT molecular complexity index is 591. The maximum absolute atomic E-state index is 11.5. The Morgan fingerprint density at radius 3 is 2.86 bits per heavy atom. The molecule has 5 nitrogen and oxygen atoms in total. The molecule has 0 saturated carbocycles. The summed E-state index contributed by atoms with van der Waals surface area (Å²) in [5.41, 5.74) is 1.04. The minimum Gasteiger partial charge on any atom is -0.468 e. The monoisotopic (exact) mass is 306 g/mol. The van der Waals surface area contributed by atoms with E-state index in [1.165, 1.54) is 11.8 Å². The lowest BCUT2D eigenvalue weighted by atomic mass is 10.2. The molecule has 0 unspecified atom stereocenters. The van der Waals surface area contributed by atoms with Crippen molar-refractivity contribution in [1.82, 2.24) is 10.3 Å². The SMILES string of the molecule is COC(=O)CNC(=O)CCCCc1nc2ccccc2s1. The number of ether oxygens (including phenoxy) is 1. The third kappa shape index (κ3) is 4.82. The van der Waals surface area contributed by atoms with E-state index in [9.17, 15) is 9.59 Å². The van der Waals surface area contributed by atoms with E-state index in [2.05, 4.69) is 21.1 Å². The Balaban J connectivity index is 1.67. The highest BCUT2D eigenvalue weighted by Gasteiger charge is 2.06. The van der Waals surface area contributed by atoms with Gasteiger partial charge in [0.2, 0.25) is 5.91 Å². The summed E-state index contributed by atoms with van der Waals surface area (Å²) in [5, 5.41) is 3.63. The van der Waals surface area contributed by atoms with Crippen LogP contribution in [-0.2, 0) is 20.7 Å². The molecule has 0 radical (unpaired) electrons. The van der Waals surface area contributed by atoms with Crippen LogP contribution in [0.5, 0.6) is 0 Å². The van der Waals surface area contributed by atoms with E-state index in [4.69, 9.17) is 0 Å². The number of benzene rings is 1. The third-order valence-corrected chi connectivity index (χ3v) is 4.14. The highest BCUT2D eigenvalue weighted by atomic mass is 32.1. The van der Waals surface area contributed by atoms with Gasteiger partial charge in [-0.15, -0.1) is 11.3 Å². The number of nitrogens with one attached hydrogen (secondary N) is 1. The smallest absolute Gasteiger partial charge is 0.325 e. The quantitative estimate of drug-likeness (QED) is 0.629. The first-order valence-electron chi connectivity index (χ1n) is 6.87. The van der Waals surface area contributed by atoms with E-state index < -0.39 is 5.97 Å². The summed E-state index contributed by atoms with van der Waals surface area (Å²) >= 11 is 1.70. The second-order valence-electron chi connectivity index (χ2n) is 4.64. The summed E-state index contributed by atoms with van der Waals surface area (Å²) in [6, 6.07) is 8.07. The minimum atomic E-state index is -0.433. The molecule has 21 heavy (non-hydrogen) atoms. The number of amides is 1. The van der Waals surface area contributed by atoms with Gasteiger partial charge in [-0.05, 0) is 31.4 Å². The lowest BCUT2D eigenvalue weighted by Gasteiger charge is -2.03. The van der Waals surface area contributed by atoms with Crippen LogP contribution >= 0.6 is 11.3 Å². The number of hydrogen-bond donors (Lipinski definition) is 1. The van der Waals surface area contributed by atoms with Crippen LogP contribution in [-0.4, -0.2) is 30.5 Å². The van der Waals surface area contributed by atoms with E-state index in [1.54, 1.807) is 11.3 Å². The van der Waals surface area contributed by atoms with Crippen LogP contribution < -0.4 is 5.32 Å². The third-order valence-electron chi connectivity index (χ3n) is 3.04. The molecule has 0 spiro atoms. The molecular formula is C15H18N2O3S. The Morgan fingerprint density at radius 1 is 1.29 bits per heavy atom. The number of unbranched alkanes of at least 4 members (excludes halogenated alkanes) is 1. The van der Waals surface area contributed by atoms with Crippen LogP contribution in [0, 0.1) is 0 Å². The van der Waals surface area contributed by atoms with Crippen molar-refractivity contribution in [2.75, 3.05) is 13.7 Å². The van der Waals surface area contributed by atoms with Crippen molar-refractivity contribution < 1.29 is 14.3 Å². The average molecular weight is 306 g/mol. The lowest BCUT2D eigenvalue weighted by molar-refractivity contribution is -0.141. The van der Waals surface area contributed by atoms with Gasteiger partial charge >= 0.3 is 5.97 Å². The van der Waals surface area contributed by atoms with E-state index in [-0.39, 0.29) is 12.5 Å². The van der Waals surface area contributed by atoms with Crippen molar-refractivity contribution in [1.29, 1.82) is 0 Å². The molecule has 2 aromatic rings. The lowest BCUT2D eigenvalue weighted by Crippen LogP contribution is -2.29. The second-order valence-corrected chi connectivity index (χ2v) is 5.75. The Kier molecular flexibility index (Phi) is 5.68. The second kappa shape index (κ2) is 7.73. The van der Waals surface area contributed by atoms with E-state index in [1.807, 2.05) is 18.2 Å². The molecule has 0 atom stereocenters. The fourth-order valence-corrected chi connectivity index (χ4v) is 2.93. The first kappa shape index (κ1) is 15.4. The van der Waals surface area contributed by atoms with Crippen LogP contribution in [0.4, 0.5) is 0 Å². The number of nitrogens with zero attached hydrogens (tertiary/aromatic N) is 1. The van der Waals surface area contributed by atoms with Crippen molar-refractivity contribution in [3.63, 3.8) is 0 Å². The predicted octanol–water partition coefficient (Wildman–Crippen LogP) is 2.30. The molecule has 1 aromatic heterocycles. The van der Waals surface area contributed by atoms with Crippen LogP contribution in [0.2, 0.25) is 0 Å². The topological polar surface area (TPSA) is 68.3 Å². The number of aromatic nitrogens is 1. The standard InChI is InChI=1S/C15H18N2O3S/c1-20-15(19)10-16-13(18)8-4-5-9-14-17-11-6-2-3-7-12(11)21-14/h2-3,6-7H,4-5,8-10H2,1H3,(H,16,18). The first-order chi connectivity index (χ1) is 10.2. The van der Waals surface area contributed by atoms with Crippen molar-refractivity contribution in [2.45, 2.75) is 25.7 Å². The average Bonchev–Trinajstić information content (AvgIpc) is 2.91. The summed E-state index contributed by atoms with van der Waals surface area (Å²) in [7, 11) is 1.30. The number of aryl methyl sites for hydroxylation is 1. The molecule has 1 heterocycles. The maximum atomic E-state index is 11.5. The van der Waals surface area contributed by atoms with Gasteiger partial charge in [0.05, 0.1) is 22.3 Å². The molecule has 1 amide bonds. The molecule has 6 heteroatoms. The number of methoxy groups -OCH3 is 1. The molecule has 0 saturated heterocycles.